The molecule has 1 unspecified atom stereocenters. The summed E-state index contributed by atoms with van der Waals surface area (Å²) >= 11 is 1.74. The number of hydrogen-bond acceptors (Lipinski definition) is 9. The van der Waals surface area contributed by atoms with Crippen molar-refractivity contribution >= 4 is 59.0 Å². The molecule has 620 valence electrons. The van der Waals surface area contributed by atoms with Crippen LogP contribution in [0.5, 0.6) is 0 Å². The van der Waals surface area contributed by atoms with E-state index in [0.717, 1.165) is 127 Å². The molecule has 108 heavy (non-hydrogen) atoms. The van der Waals surface area contributed by atoms with Gasteiger partial charge in [-0.3, -0.25) is 38.4 Å². The molecule has 10 fully saturated rings. The zero-order chi connectivity index (χ0) is 77.3. The van der Waals surface area contributed by atoms with Gasteiger partial charge in [-0.05, 0) is 167 Å². The lowest BCUT2D eigenvalue weighted by molar-refractivity contribution is -0.140. The highest BCUT2D eigenvalue weighted by Gasteiger charge is 2.36. The van der Waals surface area contributed by atoms with Gasteiger partial charge in [-0.25, -0.2) is 0 Å². The predicted octanol–water partition coefficient (Wildman–Crippen LogP) is 20.1. The van der Waals surface area contributed by atoms with Crippen LogP contribution in [-0.2, 0) is 38.4 Å². The third-order valence-electron chi connectivity index (χ3n) is 27.9. The highest BCUT2D eigenvalue weighted by molar-refractivity contribution is 7.99. The Labute approximate surface area is 664 Å². The van der Waals surface area contributed by atoms with E-state index < -0.39 is 0 Å². The Morgan fingerprint density at radius 1 is 0.231 bits per heavy atom. The van der Waals surface area contributed by atoms with Crippen LogP contribution in [0.1, 0.15) is 411 Å². The van der Waals surface area contributed by atoms with Gasteiger partial charge in [-0.2, -0.15) is 11.8 Å². The smallest absolute Gasteiger partial charge is 0.225 e. The van der Waals surface area contributed by atoms with Gasteiger partial charge in [0.2, 0.25) is 47.3 Å². The molecule has 17 heteroatoms. The number of thioether (sulfide) groups is 1. The number of carbonyl (C=O) groups is 8. The Morgan fingerprint density at radius 2 is 0.407 bits per heavy atom. The molecular formula is C91H162N8O8S. The molecule has 0 spiro atoms. The number of amides is 8. The third kappa shape index (κ3) is 32.2. The lowest BCUT2D eigenvalue weighted by Gasteiger charge is -2.42. The van der Waals surface area contributed by atoms with Crippen LogP contribution in [0, 0.1) is 5.92 Å². The third-order valence-corrected chi connectivity index (χ3v) is 28.9. The summed E-state index contributed by atoms with van der Waals surface area (Å²) in [6.07, 6.45) is 71.5. The molecule has 10 rings (SSSR count). The molecule has 0 saturated heterocycles. The quantitative estimate of drug-likeness (QED) is 0.0615. The topological polar surface area (TPSA) is 162 Å². The molecule has 0 bridgehead atoms. The normalized spacial score (nSPS) is 21.4. The van der Waals surface area contributed by atoms with Crippen LogP contribution in [0.3, 0.4) is 0 Å². The molecule has 10 saturated carbocycles. The predicted molar refractivity (Wildman–Crippen MR) is 446 cm³/mol. The molecule has 0 aliphatic heterocycles. The van der Waals surface area contributed by atoms with Gasteiger partial charge in [0, 0.05) is 165 Å². The second-order valence-electron chi connectivity index (χ2n) is 35.8. The van der Waals surface area contributed by atoms with Crippen LogP contribution < -0.4 is 0 Å². The van der Waals surface area contributed by atoms with Crippen molar-refractivity contribution in [2.45, 2.75) is 472 Å². The first-order valence-corrected chi connectivity index (χ1v) is 47.3. The fourth-order valence-electron chi connectivity index (χ4n) is 20.6. The van der Waals surface area contributed by atoms with Crippen LogP contribution in [0.15, 0.2) is 0 Å². The van der Waals surface area contributed by atoms with Crippen molar-refractivity contribution in [1.82, 2.24) is 39.2 Å². The molecule has 0 aromatic rings. The summed E-state index contributed by atoms with van der Waals surface area (Å²) in [4.78, 5) is 118. The number of unbranched alkanes of at least 4 members (excludes halogenated alkanes) is 2. The van der Waals surface area contributed by atoms with E-state index in [2.05, 4.69) is 9.80 Å². The van der Waals surface area contributed by atoms with E-state index in [1.54, 1.807) is 11.8 Å². The Hall–Kier alpha value is -3.89. The molecule has 0 N–H and O–H groups in total. The summed E-state index contributed by atoms with van der Waals surface area (Å²) in [6, 6.07) is 4.63. The van der Waals surface area contributed by atoms with Gasteiger partial charge in [0.05, 0.1) is 0 Å². The molecule has 1 atom stereocenters. The molecule has 0 radical (unpaired) electrons. The maximum atomic E-state index is 13.4. The lowest BCUT2D eigenvalue weighted by atomic mass is 9.88. The minimum atomic E-state index is 0.0275. The number of nitrogens with zero attached hydrogens (tertiary/aromatic N) is 8. The summed E-state index contributed by atoms with van der Waals surface area (Å²) in [5, 5.41) is 0. The zero-order valence-corrected chi connectivity index (χ0v) is 71.4. The highest BCUT2D eigenvalue weighted by atomic mass is 32.2. The van der Waals surface area contributed by atoms with Crippen molar-refractivity contribution in [2.75, 3.05) is 53.8 Å². The fourth-order valence-corrected chi connectivity index (χ4v) is 21.4. The van der Waals surface area contributed by atoms with Crippen LogP contribution in [-0.4, -0.2) is 201 Å². The first-order valence-electron chi connectivity index (χ1n) is 46.2. The van der Waals surface area contributed by atoms with Crippen molar-refractivity contribution in [2.24, 2.45) is 5.92 Å². The van der Waals surface area contributed by atoms with Crippen LogP contribution >= 0.6 is 11.8 Å². The molecule has 0 aromatic carbocycles. The summed E-state index contributed by atoms with van der Waals surface area (Å²) in [6.45, 7) is 2.02. The highest BCUT2D eigenvalue weighted by Crippen LogP contribution is 2.35. The van der Waals surface area contributed by atoms with Gasteiger partial charge in [0.1, 0.15) is 0 Å². The molecule has 16 nitrogen and oxygen atoms in total. The Balaban J connectivity index is 0.000000203. The minimum Gasteiger partial charge on any atom is -0.343 e. The molecule has 10 aliphatic rings. The average molecular weight is 1530 g/mol. The van der Waals surface area contributed by atoms with E-state index >= 15 is 0 Å². The van der Waals surface area contributed by atoms with Crippen LogP contribution in [0.2, 0.25) is 0 Å². The first kappa shape index (κ1) is 91.3. The molecule has 8 amide bonds. The van der Waals surface area contributed by atoms with Crippen LogP contribution in [0.4, 0.5) is 0 Å². The Morgan fingerprint density at radius 3 is 0.630 bits per heavy atom. The average Bonchev–Trinajstić information content (AvgIpc) is 0.764. The van der Waals surface area contributed by atoms with Crippen molar-refractivity contribution in [1.29, 1.82) is 0 Å². The maximum absolute atomic E-state index is 13.4. The Bertz CT molecular complexity index is 2370. The molecule has 0 heterocycles. The van der Waals surface area contributed by atoms with E-state index in [1.807, 2.05) is 78.6 Å². The van der Waals surface area contributed by atoms with E-state index in [-0.39, 0.29) is 41.4 Å². The van der Waals surface area contributed by atoms with E-state index in [1.165, 1.54) is 244 Å². The van der Waals surface area contributed by atoms with E-state index in [0.29, 0.717) is 117 Å². The minimum absolute atomic E-state index is 0.0275. The number of rotatable bonds is 31. The van der Waals surface area contributed by atoms with Crippen molar-refractivity contribution in [3.8, 4) is 0 Å². The summed E-state index contributed by atoms with van der Waals surface area (Å²) in [7, 11) is 11.8. The van der Waals surface area contributed by atoms with Crippen LogP contribution in [0.25, 0.3) is 0 Å². The van der Waals surface area contributed by atoms with Gasteiger partial charge >= 0.3 is 0 Å². The number of hydrogen-bond donors (Lipinski definition) is 0. The van der Waals surface area contributed by atoms with Gasteiger partial charge < -0.3 is 39.2 Å². The SMILES string of the molecule is CC(CCCC(=O)N(C)C1CCCCC1)C(=O)N(C)C1CCCCC1.CN(C(=O)CCCCC(=O)N(C)C1CCCCC1)C1CCCCC1.CN(C(=O)CCSCCC(=O)N(C)C1CCCCC1)C1CCCCC1.O=C(CCCCC(=O)N(C1CCCCC1)C1CCCCC1)N(C1CCCCC1)C1CCCCC1. The maximum Gasteiger partial charge on any atom is 0.225 e. The largest absolute Gasteiger partial charge is 0.343 e. The van der Waals surface area contributed by atoms with E-state index in [9.17, 15) is 38.4 Å². The standard InChI is InChI=1S/C30H52N2O2.C21H38N2O2.C20H36N2O2S.C20H36N2O2/c33-29(31(25-15-5-1-6-16-25)26-17-7-2-8-18-26)23-13-14-24-30(34)32(27-19-9-3-10-20-27)28-21-11-4-12-22-28;1-17(21(25)23(3)19-14-8-5-9-15-19)11-10-16-20(24)22(2)18-12-6-4-7-13-18;1-21(17-9-5-3-6-10-17)19(23)13-15-25-16-14-20(24)22(2)18-11-7-4-8-12-18;1-21(17-11-5-3-6-12-17)19(23)15-9-10-16-20(24)22(2)18-13-7-4-8-14-18/h25-28H,1-24H2;17-19H,4-16H2,1-3H3;17-18H,3-16H2,1-2H3;17-18H,3-16H2,1-2H3. The molecule has 0 aromatic heterocycles. The van der Waals surface area contributed by atoms with Crippen molar-refractivity contribution in [3.63, 3.8) is 0 Å². The summed E-state index contributed by atoms with van der Waals surface area (Å²) in [5.41, 5.74) is 0. The molecular weight excluding hydrogens is 1370 g/mol. The zero-order valence-electron chi connectivity index (χ0n) is 70.6. The lowest BCUT2D eigenvalue weighted by Crippen LogP contribution is -2.49. The summed E-state index contributed by atoms with van der Waals surface area (Å²) < 4.78 is 0. The van der Waals surface area contributed by atoms with Gasteiger partial charge in [0.25, 0.3) is 0 Å². The number of carbonyl (C=O) groups excluding carboxylic acids is 8. The van der Waals surface area contributed by atoms with Gasteiger partial charge in [0.15, 0.2) is 0 Å². The monoisotopic (exact) mass is 1530 g/mol. The van der Waals surface area contributed by atoms with E-state index in [4.69, 9.17) is 0 Å². The van der Waals surface area contributed by atoms with Gasteiger partial charge in [-0.15, -0.1) is 0 Å². The second kappa shape index (κ2) is 52.5. The van der Waals surface area contributed by atoms with Crippen molar-refractivity contribution in [3.05, 3.63) is 0 Å². The van der Waals surface area contributed by atoms with Crippen molar-refractivity contribution < 1.29 is 38.4 Å². The second-order valence-corrected chi connectivity index (χ2v) is 37.0. The first-order chi connectivity index (χ1) is 52.4. The fraction of sp³-hybridized carbons (Fsp3) is 0.912. The Kier molecular flexibility index (Phi) is 44.4. The van der Waals surface area contributed by atoms with Gasteiger partial charge in [-0.1, -0.05) is 200 Å². The summed E-state index contributed by atoms with van der Waals surface area (Å²) in [5.74, 6) is 4.05. The molecule has 10 aliphatic carbocycles.